The molecule has 0 aliphatic heterocycles. The number of thiazole rings is 1. The van der Waals surface area contributed by atoms with Crippen molar-refractivity contribution in [2.24, 2.45) is 0 Å². The molecule has 6 heteroatoms. The molecule has 0 spiro atoms. The molecule has 90 valence electrons. The fourth-order valence-corrected chi connectivity index (χ4v) is 2.42. The zero-order valence-corrected chi connectivity index (χ0v) is 11.8. The third-order valence-electron chi connectivity index (χ3n) is 2.15. The third-order valence-corrected chi connectivity index (χ3v) is 3.68. The van der Waals surface area contributed by atoms with Gasteiger partial charge in [0.25, 0.3) is 5.91 Å². The number of hydrogen-bond donors (Lipinski definition) is 1. The van der Waals surface area contributed by atoms with E-state index in [1.165, 1.54) is 0 Å². The molecule has 0 radical (unpaired) electrons. The van der Waals surface area contributed by atoms with Crippen molar-refractivity contribution in [3.63, 3.8) is 0 Å². The Balaban J connectivity index is 2.04. The molecule has 4 nitrogen and oxygen atoms in total. The van der Waals surface area contributed by atoms with Gasteiger partial charge in [-0.3, -0.25) is 4.79 Å². The zero-order chi connectivity index (χ0) is 12.4. The van der Waals surface area contributed by atoms with Gasteiger partial charge in [0.15, 0.2) is 10.4 Å². The maximum Gasteiger partial charge on any atom is 0.287 e. The number of hydrogen-bond acceptors (Lipinski definition) is 4. The Morgan fingerprint density at radius 3 is 2.88 bits per heavy atom. The molecule has 0 bridgehead atoms. The van der Waals surface area contributed by atoms with Crippen LogP contribution >= 0.6 is 27.3 Å². The Morgan fingerprint density at radius 1 is 1.59 bits per heavy atom. The lowest BCUT2D eigenvalue weighted by atomic mass is 10.3. The monoisotopic (exact) mass is 314 g/mol. The lowest BCUT2D eigenvalue weighted by Crippen LogP contribution is -2.26. The van der Waals surface area contributed by atoms with Crippen LogP contribution in [0.4, 0.5) is 0 Å². The van der Waals surface area contributed by atoms with Crippen molar-refractivity contribution in [3.05, 3.63) is 38.6 Å². The largest absolute Gasteiger partial charge is 0.444 e. The van der Waals surface area contributed by atoms with Crippen molar-refractivity contribution in [2.75, 3.05) is 0 Å². The van der Waals surface area contributed by atoms with Gasteiger partial charge >= 0.3 is 0 Å². The Morgan fingerprint density at radius 2 is 2.35 bits per heavy atom. The molecule has 2 heterocycles. The summed E-state index contributed by atoms with van der Waals surface area (Å²) in [6, 6.07) is 3.19. The standard InChI is InChI=1S/C11H11BrN2O2S/c1-6-5-13-11(17-6)7(2)14-10(15)8-3-4-9(12)16-8/h3-5,7H,1-2H3,(H,14,15). The highest BCUT2D eigenvalue weighted by Gasteiger charge is 2.16. The number of rotatable bonds is 3. The minimum atomic E-state index is -0.240. The van der Waals surface area contributed by atoms with Crippen LogP contribution in [0.3, 0.4) is 0 Å². The van der Waals surface area contributed by atoms with E-state index in [4.69, 9.17) is 4.42 Å². The SMILES string of the molecule is Cc1cnc(C(C)NC(=O)c2ccc(Br)o2)s1. The van der Waals surface area contributed by atoms with E-state index in [2.05, 4.69) is 26.2 Å². The number of nitrogens with zero attached hydrogens (tertiary/aromatic N) is 1. The normalized spacial score (nSPS) is 12.4. The van der Waals surface area contributed by atoms with Crippen LogP contribution in [-0.4, -0.2) is 10.9 Å². The number of carbonyl (C=O) groups is 1. The quantitative estimate of drug-likeness (QED) is 0.945. The van der Waals surface area contributed by atoms with Crippen molar-refractivity contribution in [1.29, 1.82) is 0 Å². The molecule has 17 heavy (non-hydrogen) atoms. The number of nitrogens with one attached hydrogen (secondary N) is 1. The summed E-state index contributed by atoms with van der Waals surface area (Å²) in [5.74, 6) is 0.0491. The highest BCUT2D eigenvalue weighted by molar-refractivity contribution is 9.10. The van der Waals surface area contributed by atoms with Gasteiger partial charge in [-0.25, -0.2) is 4.98 Å². The first-order chi connectivity index (χ1) is 8.06. The van der Waals surface area contributed by atoms with Gasteiger partial charge in [0, 0.05) is 11.1 Å². The van der Waals surface area contributed by atoms with Crippen LogP contribution in [0, 0.1) is 6.92 Å². The van der Waals surface area contributed by atoms with Gasteiger partial charge in [0.1, 0.15) is 5.01 Å². The molecular weight excluding hydrogens is 304 g/mol. The van der Waals surface area contributed by atoms with Crippen molar-refractivity contribution < 1.29 is 9.21 Å². The highest BCUT2D eigenvalue weighted by atomic mass is 79.9. The van der Waals surface area contributed by atoms with Crippen LogP contribution in [0.1, 0.15) is 33.4 Å². The second kappa shape index (κ2) is 5.01. The molecule has 2 aromatic heterocycles. The van der Waals surface area contributed by atoms with Gasteiger partial charge in [-0.1, -0.05) is 0 Å². The van der Waals surface area contributed by atoms with Crippen LogP contribution < -0.4 is 5.32 Å². The second-order valence-electron chi connectivity index (χ2n) is 3.61. The Labute approximate surface area is 111 Å². The molecule has 0 aliphatic rings. The summed E-state index contributed by atoms with van der Waals surface area (Å²) in [7, 11) is 0. The van der Waals surface area contributed by atoms with E-state index >= 15 is 0 Å². The number of halogens is 1. The van der Waals surface area contributed by atoms with Crippen molar-refractivity contribution in [3.8, 4) is 0 Å². The Bertz CT molecular complexity index is 535. The van der Waals surface area contributed by atoms with E-state index < -0.39 is 0 Å². The van der Waals surface area contributed by atoms with Crippen molar-refractivity contribution in [2.45, 2.75) is 19.9 Å². The fourth-order valence-electron chi connectivity index (χ4n) is 1.34. The Kier molecular flexibility index (Phi) is 3.63. The van der Waals surface area contributed by atoms with E-state index in [9.17, 15) is 4.79 Å². The molecule has 1 amide bonds. The third kappa shape index (κ3) is 2.95. The summed E-state index contributed by atoms with van der Waals surface area (Å²) >= 11 is 4.73. The fraction of sp³-hybridized carbons (Fsp3) is 0.273. The minimum Gasteiger partial charge on any atom is -0.444 e. The number of amides is 1. The lowest BCUT2D eigenvalue weighted by molar-refractivity contribution is 0.0910. The van der Waals surface area contributed by atoms with Gasteiger partial charge < -0.3 is 9.73 Å². The Hall–Kier alpha value is -1.14. The maximum absolute atomic E-state index is 11.8. The van der Waals surface area contributed by atoms with Crippen molar-refractivity contribution >= 4 is 33.2 Å². The summed E-state index contributed by atoms with van der Waals surface area (Å²) in [5.41, 5.74) is 0. The predicted octanol–water partition coefficient (Wildman–Crippen LogP) is 3.30. The van der Waals surface area contributed by atoms with Gasteiger partial charge in [-0.15, -0.1) is 11.3 Å². The number of aromatic nitrogens is 1. The van der Waals surface area contributed by atoms with Crippen LogP contribution in [0.15, 0.2) is 27.4 Å². The predicted molar refractivity (Wildman–Crippen MR) is 69.1 cm³/mol. The first-order valence-electron chi connectivity index (χ1n) is 5.05. The molecule has 1 unspecified atom stereocenters. The summed E-state index contributed by atoms with van der Waals surface area (Å²) in [4.78, 5) is 17.2. The lowest BCUT2D eigenvalue weighted by Gasteiger charge is -2.09. The topological polar surface area (TPSA) is 55.1 Å². The minimum absolute atomic E-state index is 0.120. The highest BCUT2D eigenvalue weighted by Crippen LogP contribution is 2.20. The van der Waals surface area contributed by atoms with Crippen molar-refractivity contribution in [1.82, 2.24) is 10.3 Å². The average molecular weight is 315 g/mol. The van der Waals surface area contributed by atoms with E-state index in [0.29, 0.717) is 4.67 Å². The zero-order valence-electron chi connectivity index (χ0n) is 9.36. The smallest absolute Gasteiger partial charge is 0.287 e. The molecule has 2 aromatic rings. The molecule has 1 atom stereocenters. The molecule has 1 N–H and O–H groups in total. The molecule has 0 saturated heterocycles. The van der Waals surface area contributed by atoms with Gasteiger partial charge in [0.05, 0.1) is 6.04 Å². The summed E-state index contributed by atoms with van der Waals surface area (Å²) in [5, 5.41) is 3.72. The first-order valence-corrected chi connectivity index (χ1v) is 6.65. The second-order valence-corrected chi connectivity index (χ2v) is 5.66. The number of aryl methyl sites for hydroxylation is 1. The first kappa shape index (κ1) is 12.3. The van der Waals surface area contributed by atoms with Gasteiger partial charge in [-0.05, 0) is 41.9 Å². The van der Waals surface area contributed by atoms with Gasteiger partial charge in [0.2, 0.25) is 0 Å². The summed E-state index contributed by atoms with van der Waals surface area (Å²) < 4.78 is 5.72. The molecule has 0 fully saturated rings. The van der Waals surface area contributed by atoms with E-state index in [-0.39, 0.29) is 17.7 Å². The van der Waals surface area contributed by atoms with Gasteiger partial charge in [-0.2, -0.15) is 0 Å². The molecule has 2 rings (SSSR count). The summed E-state index contributed by atoms with van der Waals surface area (Å²) in [6.07, 6.45) is 1.80. The molecule has 0 saturated carbocycles. The van der Waals surface area contributed by atoms with Crippen LogP contribution in [0.2, 0.25) is 0 Å². The molecule has 0 aliphatic carbocycles. The molecule has 0 aromatic carbocycles. The molecular formula is C11H11BrN2O2S. The van der Waals surface area contributed by atoms with E-state index in [1.807, 2.05) is 13.8 Å². The summed E-state index contributed by atoms with van der Waals surface area (Å²) in [6.45, 7) is 3.88. The number of furan rings is 1. The number of carbonyl (C=O) groups excluding carboxylic acids is 1. The van der Waals surface area contributed by atoms with Crippen LogP contribution in [0.25, 0.3) is 0 Å². The van der Waals surface area contributed by atoms with E-state index in [0.717, 1.165) is 9.88 Å². The average Bonchev–Trinajstić information content (AvgIpc) is 2.87. The van der Waals surface area contributed by atoms with Crippen LogP contribution in [0.5, 0.6) is 0 Å². The maximum atomic E-state index is 11.8. The van der Waals surface area contributed by atoms with Crippen LogP contribution in [-0.2, 0) is 0 Å². The van der Waals surface area contributed by atoms with E-state index in [1.54, 1.807) is 29.7 Å².